The van der Waals surface area contributed by atoms with E-state index in [0.717, 1.165) is 0 Å². The summed E-state index contributed by atoms with van der Waals surface area (Å²) in [6, 6.07) is 0. The van der Waals surface area contributed by atoms with Crippen molar-refractivity contribution < 1.29 is 9.47 Å². The molecule has 4 heteroatoms. The average molecular weight is 144 g/mol. The predicted octanol–water partition coefficient (Wildman–Crippen LogP) is -0.841. The van der Waals surface area contributed by atoms with Crippen molar-refractivity contribution in [1.29, 1.82) is 0 Å². The molecule has 1 aliphatic heterocycles. The Kier molecular flexibility index (Phi) is 2.05. The molecule has 0 amide bonds. The fourth-order valence-corrected chi connectivity index (χ4v) is 0.781. The zero-order valence-corrected chi connectivity index (χ0v) is 5.75. The lowest BCUT2D eigenvalue weighted by Gasteiger charge is -2.35. The summed E-state index contributed by atoms with van der Waals surface area (Å²) in [6.45, 7) is 4.46. The van der Waals surface area contributed by atoms with Gasteiger partial charge in [0.25, 0.3) is 0 Å². The fraction of sp³-hybridized carbons (Fsp3) is 0.667. The van der Waals surface area contributed by atoms with Crippen LogP contribution in [-0.2, 0) is 9.47 Å². The maximum absolute atomic E-state index is 5.61. The summed E-state index contributed by atoms with van der Waals surface area (Å²) in [5.41, 5.74) is 10.1. The summed E-state index contributed by atoms with van der Waals surface area (Å²) in [4.78, 5) is 0. The van der Waals surface area contributed by atoms with Gasteiger partial charge < -0.3 is 15.2 Å². The fourth-order valence-electron chi connectivity index (χ4n) is 0.781. The second kappa shape index (κ2) is 2.67. The standard InChI is InChI=1S/C6H12N2O2/c1-2-6(8)5(7)9-3-4-10-6/h2,5H,1,3-4,7-8H2. The van der Waals surface area contributed by atoms with Crippen LogP contribution in [0.4, 0.5) is 0 Å². The van der Waals surface area contributed by atoms with Crippen LogP contribution < -0.4 is 11.5 Å². The zero-order chi connectivity index (χ0) is 7.61. The van der Waals surface area contributed by atoms with E-state index >= 15 is 0 Å². The van der Waals surface area contributed by atoms with Crippen LogP contribution in [0.25, 0.3) is 0 Å². The number of rotatable bonds is 1. The Hall–Kier alpha value is -0.420. The van der Waals surface area contributed by atoms with E-state index in [1.165, 1.54) is 6.08 Å². The third-order valence-corrected chi connectivity index (χ3v) is 1.50. The van der Waals surface area contributed by atoms with Gasteiger partial charge in [0.15, 0.2) is 12.0 Å². The maximum Gasteiger partial charge on any atom is 0.175 e. The van der Waals surface area contributed by atoms with Gasteiger partial charge in [0.05, 0.1) is 13.2 Å². The smallest absolute Gasteiger partial charge is 0.175 e. The van der Waals surface area contributed by atoms with Crippen molar-refractivity contribution in [2.24, 2.45) is 11.5 Å². The Bertz CT molecular complexity index is 140. The van der Waals surface area contributed by atoms with Crippen molar-refractivity contribution in [2.45, 2.75) is 12.0 Å². The van der Waals surface area contributed by atoms with Crippen molar-refractivity contribution in [3.63, 3.8) is 0 Å². The molecule has 1 rings (SSSR count). The summed E-state index contributed by atoms with van der Waals surface area (Å²) < 4.78 is 10.2. The van der Waals surface area contributed by atoms with E-state index in [9.17, 15) is 0 Å². The van der Waals surface area contributed by atoms with Gasteiger partial charge in [-0.3, -0.25) is 5.73 Å². The second-order valence-corrected chi connectivity index (χ2v) is 2.20. The van der Waals surface area contributed by atoms with Crippen molar-refractivity contribution in [3.8, 4) is 0 Å². The minimum absolute atomic E-state index is 0.468. The van der Waals surface area contributed by atoms with Gasteiger partial charge in [0.2, 0.25) is 0 Å². The summed E-state index contributed by atoms with van der Waals surface area (Å²) in [5, 5.41) is 0. The van der Waals surface area contributed by atoms with E-state index in [1.54, 1.807) is 0 Å². The topological polar surface area (TPSA) is 70.5 Å². The lowest BCUT2D eigenvalue weighted by molar-refractivity contribution is -0.175. The van der Waals surface area contributed by atoms with Gasteiger partial charge in [-0.15, -0.1) is 0 Å². The molecule has 0 bridgehead atoms. The van der Waals surface area contributed by atoms with Crippen molar-refractivity contribution in [2.75, 3.05) is 13.2 Å². The van der Waals surface area contributed by atoms with Crippen molar-refractivity contribution >= 4 is 0 Å². The molecule has 2 unspecified atom stereocenters. The maximum atomic E-state index is 5.61. The molecular formula is C6H12N2O2. The molecule has 1 saturated heterocycles. The number of hydrogen-bond donors (Lipinski definition) is 2. The highest BCUT2D eigenvalue weighted by Crippen LogP contribution is 2.14. The first-order valence-corrected chi connectivity index (χ1v) is 3.12. The van der Waals surface area contributed by atoms with Crippen LogP contribution in [0.2, 0.25) is 0 Å². The highest BCUT2D eigenvalue weighted by Gasteiger charge is 2.34. The van der Waals surface area contributed by atoms with Gasteiger partial charge in [-0.1, -0.05) is 6.58 Å². The molecule has 1 fully saturated rings. The van der Waals surface area contributed by atoms with Crippen LogP contribution in [0.1, 0.15) is 0 Å². The Balaban J connectivity index is 2.62. The van der Waals surface area contributed by atoms with Crippen LogP contribution in [0.3, 0.4) is 0 Å². The minimum atomic E-state index is -1.00. The SMILES string of the molecule is C=CC1(N)OCCOC1N. The lowest BCUT2D eigenvalue weighted by atomic mass is 10.2. The molecule has 0 spiro atoms. The van der Waals surface area contributed by atoms with Gasteiger partial charge in [0, 0.05) is 0 Å². The molecule has 0 radical (unpaired) electrons. The lowest BCUT2D eigenvalue weighted by Crippen LogP contribution is -2.60. The molecule has 0 aliphatic carbocycles. The molecule has 4 N–H and O–H groups in total. The average Bonchev–Trinajstić information content (AvgIpc) is 1.96. The second-order valence-electron chi connectivity index (χ2n) is 2.20. The highest BCUT2D eigenvalue weighted by atomic mass is 16.6. The molecule has 0 aromatic carbocycles. The summed E-state index contributed by atoms with van der Waals surface area (Å²) in [7, 11) is 0. The van der Waals surface area contributed by atoms with E-state index in [0.29, 0.717) is 13.2 Å². The Labute approximate surface area is 59.8 Å². The number of hydrogen-bond acceptors (Lipinski definition) is 4. The molecule has 10 heavy (non-hydrogen) atoms. The van der Waals surface area contributed by atoms with E-state index in [-0.39, 0.29) is 0 Å². The monoisotopic (exact) mass is 144 g/mol. The quantitative estimate of drug-likeness (QED) is 0.471. The van der Waals surface area contributed by atoms with E-state index in [4.69, 9.17) is 20.9 Å². The third-order valence-electron chi connectivity index (χ3n) is 1.50. The van der Waals surface area contributed by atoms with E-state index < -0.39 is 12.0 Å². The summed E-state index contributed by atoms with van der Waals surface area (Å²) in [6.07, 6.45) is 0.857. The number of ether oxygens (including phenoxy) is 2. The van der Waals surface area contributed by atoms with Crippen LogP contribution in [0.5, 0.6) is 0 Å². The first-order valence-electron chi connectivity index (χ1n) is 3.12. The van der Waals surface area contributed by atoms with Gasteiger partial charge in [0.1, 0.15) is 0 Å². The predicted molar refractivity (Wildman–Crippen MR) is 37.0 cm³/mol. The highest BCUT2D eigenvalue weighted by molar-refractivity contribution is 4.97. The molecular weight excluding hydrogens is 132 g/mol. The third kappa shape index (κ3) is 1.19. The largest absolute Gasteiger partial charge is 0.356 e. The Morgan fingerprint density at radius 1 is 1.60 bits per heavy atom. The van der Waals surface area contributed by atoms with Crippen molar-refractivity contribution in [3.05, 3.63) is 12.7 Å². The first kappa shape index (κ1) is 7.68. The van der Waals surface area contributed by atoms with Gasteiger partial charge in [-0.2, -0.15) is 0 Å². The van der Waals surface area contributed by atoms with Crippen molar-refractivity contribution in [1.82, 2.24) is 0 Å². The number of nitrogens with two attached hydrogens (primary N) is 2. The minimum Gasteiger partial charge on any atom is -0.356 e. The first-order chi connectivity index (χ1) is 4.69. The Morgan fingerprint density at radius 3 is 2.70 bits per heavy atom. The van der Waals surface area contributed by atoms with Gasteiger partial charge in [-0.25, -0.2) is 0 Å². The van der Waals surface area contributed by atoms with Gasteiger partial charge in [-0.05, 0) is 6.08 Å². The molecule has 58 valence electrons. The van der Waals surface area contributed by atoms with Crippen LogP contribution in [-0.4, -0.2) is 25.2 Å². The van der Waals surface area contributed by atoms with E-state index in [1.807, 2.05) is 0 Å². The van der Waals surface area contributed by atoms with Gasteiger partial charge >= 0.3 is 0 Å². The molecule has 4 nitrogen and oxygen atoms in total. The molecule has 1 aliphatic rings. The normalized spacial score (nSPS) is 41.2. The molecule has 0 aromatic rings. The molecule has 2 atom stereocenters. The molecule has 1 heterocycles. The summed E-state index contributed by atoms with van der Waals surface area (Å²) >= 11 is 0. The summed E-state index contributed by atoms with van der Waals surface area (Å²) in [5.74, 6) is 0. The van der Waals surface area contributed by atoms with E-state index in [2.05, 4.69) is 6.58 Å². The molecule has 0 saturated carbocycles. The Morgan fingerprint density at radius 2 is 2.30 bits per heavy atom. The zero-order valence-electron chi connectivity index (χ0n) is 5.75. The molecule has 0 aromatic heterocycles. The van der Waals surface area contributed by atoms with Crippen LogP contribution in [0, 0.1) is 0 Å². The van der Waals surface area contributed by atoms with Crippen LogP contribution in [0.15, 0.2) is 12.7 Å². The van der Waals surface area contributed by atoms with Crippen LogP contribution >= 0.6 is 0 Å².